The summed E-state index contributed by atoms with van der Waals surface area (Å²) in [5.41, 5.74) is 11.7. The number of anilines is 2. The second-order valence-corrected chi connectivity index (χ2v) is 2.25. The van der Waals surface area contributed by atoms with Crippen LogP contribution in [0.15, 0.2) is 12.4 Å². The van der Waals surface area contributed by atoms with Crippen molar-refractivity contribution < 1.29 is 0 Å². The summed E-state index contributed by atoms with van der Waals surface area (Å²) in [4.78, 5) is 10.6. The number of nitrogens with one attached hydrogen (secondary N) is 1. The molecule has 0 amide bonds. The molecule has 0 saturated carbocycles. The van der Waals surface area contributed by atoms with Crippen LogP contribution in [0.3, 0.4) is 0 Å². The first-order valence-electron chi connectivity index (χ1n) is 3.12. The van der Waals surface area contributed by atoms with E-state index in [0.717, 1.165) is 5.39 Å². The third-order valence-electron chi connectivity index (χ3n) is 1.48. The molecule has 0 atom stereocenters. The smallest absolute Gasteiger partial charge is 0.144 e. The lowest BCUT2D eigenvalue weighted by molar-refractivity contribution is 1.21. The van der Waals surface area contributed by atoms with E-state index in [9.17, 15) is 0 Å². The van der Waals surface area contributed by atoms with E-state index >= 15 is 0 Å². The number of hydrogen-bond acceptors (Lipinski definition) is 4. The summed E-state index contributed by atoms with van der Waals surface area (Å²) in [6.07, 6.45) is 1.40. The molecule has 2 rings (SSSR count). The first kappa shape index (κ1) is 5.96. The molecule has 0 aromatic carbocycles. The fraction of sp³-hybridized carbons (Fsp3) is 0. The highest BCUT2D eigenvalue weighted by Crippen LogP contribution is 2.17. The van der Waals surface area contributed by atoms with Gasteiger partial charge in [0, 0.05) is 0 Å². The van der Waals surface area contributed by atoms with E-state index in [-0.39, 0.29) is 0 Å². The van der Waals surface area contributed by atoms with Crippen LogP contribution in [0.2, 0.25) is 0 Å². The van der Waals surface area contributed by atoms with E-state index in [2.05, 4.69) is 15.0 Å². The molecular formula is C6H7N5. The summed E-state index contributed by atoms with van der Waals surface area (Å²) in [5, 5.41) is 0.769. The van der Waals surface area contributed by atoms with Gasteiger partial charge in [0.2, 0.25) is 0 Å². The van der Waals surface area contributed by atoms with Crippen LogP contribution in [-0.2, 0) is 0 Å². The normalized spacial score (nSPS) is 10.5. The van der Waals surface area contributed by atoms with Crippen molar-refractivity contribution in [3.63, 3.8) is 0 Å². The molecule has 0 aliphatic carbocycles. The van der Waals surface area contributed by atoms with E-state index in [0.29, 0.717) is 17.3 Å². The molecular weight excluding hydrogens is 142 g/mol. The Labute approximate surface area is 62.4 Å². The molecule has 0 aliphatic rings. The molecule has 0 fully saturated rings. The highest BCUT2D eigenvalue weighted by Gasteiger charge is 2.01. The number of rotatable bonds is 0. The van der Waals surface area contributed by atoms with Crippen LogP contribution in [0.5, 0.6) is 0 Å². The lowest BCUT2D eigenvalue weighted by Gasteiger charge is -1.90. The highest BCUT2D eigenvalue weighted by atomic mass is 15.0. The van der Waals surface area contributed by atoms with Crippen molar-refractivity contribution in [1.82, 2.24) is 15.0 Å². The zero-order valence-electron chi connectivity index (χ0n) is 5.70. The average molecular weight is 149 g/mol. The van der Waals surface area contributed by atoms with Crippen molar-refractivity contribution in [2.45, 2.75) is 0 Å². The van der Waals surface area contributed by atoms with E-state index in [1.165, 1.54) is 6.33 Å². The maximum Gasteiger partial charge on any atom is 0.144 e. The molecule has 5 N–H and O–H groups in total. The zero-order chi connectivity index (χ0) is 7.84. The maximum absolute atomic E-state index is 5.54. The van der Waals surface area contributed by atoms with E-state index in [1.54, 1.807) is 6.07 Å². The van der Waals surface area contributed by atoms with E-state index in [4.69, 9.17) is 11.5 Å². The van der Waals surface area contributed by atoms with Gasteiger partial charge in [0.25, 0.3) is 0 Å². The molecule has 0 spiro atoms. The lowest BCUT2D eigenvalue weighted by Crippen LogP contribution is -1.90. The molecule has 5 heteroatoms. The number of aromatic nitrogens is 3. The Bertz CT molecular complexity index is 391. The molecule has 2 heterocycles. The first-order valence-corrected chi connectivity index (χ1v) is 3.12. The molecule has 0 bridgehead atoms. The van der Waals surface area contributed by atoms with Gasteiger partial charge in [-0.05, 0) is 6.07 Å². The number of hydrogen-bond donors (Lipinski definition) is 3. The van der Waals surface area contributed by atoms with Gasteiger partial charge >= 0.3 is 0 Å². The fourth-order valence-electron chi connectivity index (χ4n) is 0.979. The Kier molecular flexibility index (Phi) is 1.00. The van der Waals surface area contributed by atoms with Gasteiger partial charge in [0.15, 0.2) is 0 Å². The molecule has 0 radical (unpaired) electrons. The molecule has 0 unspecified atom stereocenters. The fourth-order valence-corrected chi connectivity index (χ4v) is 0.979. The van der Waals surface area contributed by atoms with Crippen molar-refractivity contribution in [1.29, 1.82) is 0 Å². The molecule has 2 aromatic heterocycles. The zero-order valence-corrected chi connectivity index (χ0v) is 5.70. The summed E-state index contributed by atoms with van der Waals surface area (Å²) < 4.78 is 0. The summed E-state index contributed by atoms with van der Waals surface area (Å²) in [7, 11) is 0. The average Bonchev–Trinajstić information content (AvgIpc) is 2.31. The number of nitrogens with two attached hydrogens (primary N) is 2. The predicted molar refractivity (Wildman–Crippen MR) is 42.7 cm³/mol. The minimum Gasteiger partial charge on any atom is -0.385 e. The Morgan fingerprint density at radius 3 is 2.82 bits per heavy atom. The summed E-state index contributed by atoms with van der Waals surface area (Å²) in [6, 6.07) is 1.71. The Morgan fingerprint density at radius 1 is 1.27 bits per heavy atom. The highest BCUT2D eigenvalue weighted by molar-refractivity contribution is 5.88. The monoisotopic (exact) mass is 149 g/mol. The largest absolute Gasteiger partial charge is 0.385 e. The van der Waals surface area contributed by atoms with Crippen LogP contribution in [0.25, 0.3) is 11.0 Å². The molecule has 0 saturated heterocycles. The Hall–Kier alpha value is -1.78. The van der Waals surface area contributed by atoms with Crippen LogP contribution in [-0.4, -0.2) is 15.0 Å². The van der Waals surface area contributed by atoms with Gasteiger partial charge in [-0.25, -0.2) is 9.97 Å². The van der Waals surface area contributed by atoms with Crippen LogP contribution in [0, 0.1) is 0 Å². The van der Waals surface area contributed by atoms with Gasteiger partial charge in [-0.2, -0.15) is 0 Å². The third-order valence-corrected chi connectivity index (χ3v) is 1.48. The number of fused-ring (bicyclic) bond motifs is 1. The molecule has 5 nitrogen and oxygen atoms in total. The first-order chi connectivity index (χ1) is 5.27. The van der Waals surface area contributed by atoms with Gasteiger partial charge in [-0.1, -0.05) is 0 Å². The second kappa shape index (κ2) is 1.85. The number of H-pyrrole nitrogens is 1. The Morgan fingerprint density at radius 2 is 2.09 bits per heavy atom. The van der Waals surface area contributed by atoms with Gasteiger partial charge in [-0.3, -0.25) is 0 Å². The molecule has 0 aliphatic heterocycles. The van der Waals surface area contributed by atoms with Crippen molar-refractivity contribution in [3.05, 3.63) is 12.4 Å². The van der Waals surface area contributed by atoms with Crippen molar-refractivity contribution in [2.24, 2.45) is 0 Å². The summed E-state index contributed by atoms with van der Waals surface area (Å²) in [6.45, 7) is 0. The molecule has 11 heavy (non-hydrogen) atoms. The predicted octanol–water partition coefficient (Wildman–Crippen LogP) is 0.122. The second-order valence-electron chi connectivity index (χ2n) is 2.25. The van der Waals surface area contributed by atoms with E-state index < -0.39 is 0 Å². The number of aromatic amines is 1. The van der Waals surface area contributed by atoms with Crippen molar-refractivity contribution >= 4 is 22.7 Å². The van der Waals surface area contributed by atoms with Gasteiger partial charge in [-0.15, -0.1) is 0 Å². The summed E-state index contributed by atoms with van der Waals surface area (Å²) in [5.74, 6) is 0.996. The number of nitrogens with zero attached hydrogens (tertiary/aromatic N) is 2. The number of nitrogen functional groups attached to an aromatic ring is 2. The van der Waals surface area contributed by atoms with Crippen molar-refractivity contribution in [3.8, 4) is 0 Å². The van der Waals surface area contributed by atoms with Gasteiger partial charge in [0.05, 0.1) is 5.39 Å². The van der Waals surface area contributed by atoms with E-state index in [1.807, 2.05) is 0 Å². The van der Waals surface area contributed by atoms with Crippen LogP contribution < -0.4 is 11.5 Å². The van der Waals surface area contributed by atoms with Crippen LogP contribution in [0.1, 0.15) is 0 Å². The Balaban J connectivity index is 2.90. The summed E-state index contributed by atoms with van der Waals surface area (Å²) >= 11 is 0. The lowest BCUT2D eigenvalue weighted by atomic mass is 10.4. The SMILES string of the molecule is Nc1cc2c(N)ncnc2[nH]1. The van der Waals surface area contributed by atoms with Crippen LogP contribution >= 0.6 is 0 Å². The topological polar surface area (TPSA) is 93.6 Å². The van der Waals surface area contributed by atoms with Gasteiger partial charge < -0.3 is 16.5 Å². The minimum absolute atomic E-state index is 0.447. The van der Waals surface area contributed by atoms with Crippen molar-refractivity contribution in [2.75, 3.05) is 11.5 Å². The third kappa shape index (κ3) is 0.778. The van der Waals surface area contributed by atoms with Crippen LogP contribution in [0.4, 0.5) is 11.6 Å². The molecule has 2 aromatic rings. The molecule has 56 valence electrons. The standard InChI is InChI=1S/C6H7N5/c7-4-1-3-5(8)9-2-10-6(3)11-4/h1-2H,7H2,(H3,8,9,10,11). The quantitative estimate of drug-likeness (QED) is 0.496. The van der Waals surface area contributed by atoms with Gasteiger partial charge in [0.1, 0.15) is 23.6 Å². The maximum atomic E-state index is 5.54. The minimum atomic E-state index is 0.447.